The number of rotatable bonds is 6. The Balaban J connectivity index is 1.51. The fraction of sp³-hybridized carbons (Fsp3) is 0.333. The predicted octanol–water partition coefficient (Wildman–Crippen LogP) is 4.56. The van der Waals surface area contributed by atoms with Gasteiger partial charge in [-0.05, 0) is 51.0 Å². The second-order valence-electron chi connectivity index (χ2n) is 9.30. The second kappa shape index (κ2) is 10.3. The van der Waals surface area contributed by atoms with Crippen LogP contribution < -0.4 is 0 Å². The van der Waals surface area contributed by atoms with Crippen LogP contribution in [-0.2, 0) is 0 Å². The molecule has 10 heteroatoms. The molecule has 5 rings (SSSR count). The molecular weight excluding hydrogens is 489 g/mol. The standard InChI is InChI=1S/C27H26FN7OS/c1-17(16-36)33-7-5-23(6-8-33)35-18(2)24(14-32-35)20-10-26(27-21(12-30)13-31-34(27)15-20)37-25-4-3-22(28)9-19(25)11-29/h3-4,9-10,13-15,17,23,36H,5-8,16H2,1-2H3/t17-/m1/s1. The van der Waals surface area contributed by atoms with E-state index in [1.807, 2.05) is 25.4 Å². The molecule has 1 N–H and O–H groups in total. The first-order valence-electron chi connectivity index (χ1n) is 12.1. The van der Waals surface area contributed by atoms with E-state index in [1.54, 1.807) is 10.6 Å². The van der Waals surface area contributed by atoms with Crippen LogP contribution in [-0.4, -0.2) is 55.1 Å². The van der Waals surface area contributed by atoms with Crippen LogP contribution in [0, 0.1) is 35.4 Å². The molecule has 0 amide bonds. The summed E-state index contributed by atoms with van der Waals surface area (Å²) in [6.45, 7) is 6.09. The molecule has 4 heterocycles. The van der Waals surface area contributed by atoms with E-state index in [2.05, 4.69) is 33.7 Å². The van der Waals surface area contributed by atoms with E-state index in [0.717, 1.165) is 47.6 Å². The third-order valence-corrected chi connectivity index (χ3v) is 8.17. The van der Waals surface area contributed by atoms with E-state index < -0.39 is 5.82 Å². The third kappa shape index (κ3) is 4.72. The van der Waals surface area contributed by atoms with Gasteiger partial charge in [-0.1, -0.05) is 11.8 Å². The van der Waals surface area contributed by atoms with Crippen molar-refractivity contribution in [2.75, 3.05) is 19.7 Å². The van der Waals surface area contributed by atoms with Crippen molar-refractivity contribution in [3.63, 3.8) is 0 Å². The Morgan fingerprint density at radius 3 is 2.57 bits per heavy atom. The number of hydrogen-bond donors (Lipinski definition) is 1. The van der Waals surface area contributed by atoms with Crippen LogP contribution in [0.15, 0.2) is 52.6 Å². The summed E-state index contributed by atoms with van der Waals surface area (Å²) < 4.78 is 17.5. The topological polar surface area (TPSA) is 106 Å². The number of fused-ring (bicyclic) bond motifs is 1. The van der Waals surface area contributed by atoms with E-state index in [1.165, 1.54) is 30.1 Å². The van der Waals surface area contributed by atoms with E-state index >= 15 is 0 Å². The number of hydrogen-bond acceptors (Lipinski definition) is 7. The molecule has 1 aromatic carbocycles. The predicted molar refractivity (Wildman–Crippen MR) is 137 cm³/mol. The Labute approximate surface area is 218 Å². The van der Waals surface area contributed by atoms with Gasteiger partial charge in [-0.3, -0.25) is 9.58 Å². The number of aromatic nitrogens is 4. The van der Waals surface area contributed by atoms with Gasteiger partial charge in [0, 0.05) is 51.9 Å². The maximum atomic E-state index is 13.7. The lowest BCUT2D eigenvalue weighted by atomic mass is 10.0. The molecule has 4 aromatic rings. The van der Waals surface area contributed by atoms with Gasteiger partial charge in [-0.15, -0.1) is 0 Å². The Bertz CT molecular complexity index is 1540. The van der Waals surface area contributed by atoms with Gasteiger partial charge in [0.2, 0.25) is 0 Å². The third-order valence-electron chi connectivity index (χ3n) is 7.07. The van der Waals surface area contributed by atoms with Crippen LogP contribution in [0.25, 0.3) is 16.6 Å². The Hall–Kier alpha value is -3.70. The van der Waals surface area contributed by atoms with Crippen LogP contribution in [0.3, 0.4) is 0 Å². The van der Waals surface area contributed by atoms with E-state index in [-0.39, 0.29) is 24.3 Å². The first kappa shape index (κ1) is 25.0. The molecule has 0 spiro atoms. The van der Waals surface area contributed by atoms with Crippen LogP contribution in [0.2, 0.25) is 0 Å². The van der Waals surface area contributed by atoms with Crippen LogP contribution in [0.5, 0.6) is 0 Å². The zero-order valence-electron chi connectivity index (χ0n) is 20.6. The lowest BCUT2D eigenvalue weighted by Crippen LogP contribution is -2.42. The number of aliphatic hydroxyl groups is 1. The van der Waals surface area contributed by atoms with Crippen molar-refractivity contribution >= 4 is 17.3 Å². The summed E-state index contributed by atoms with van der Waals surface area (Å²) in [4.78, 5) is 3.65. The molecule has 3 aromatic heterocycles. The van der Waals surface area contributed by atoms with Crippen molar-refractivity contribution in [3.8, 4) is 23.3 Å². The molecule has 0 aliphatic carbocycles. The molecule has 37 heavy (non-hydrogen) atoms. The summed E-state index contributed by atoms with van der Waals surface area (Å²) in [5, 5.41) is 37.8. The summed E-state index contributed by atoms with van der Waals surface area (Å²) in [7, 11) is 0. The lowest BCUT2D eigenvalue weighted by Gasteiger charge is -2.35. The number of aliphatic hydroxyl groups excluding tert-OH is 1. The number of nitrogens with zero attached hydrogens (tertiary/aromatic N) is 7. The fourth-order valence-corrected chi connectivity index (χ4v) is 6.02. The van der Waals surface area contributed by atoms with E-state index in [4.69, 9.17) is 5.10 Å². The van der Waals surface area contributed by atoms with Crippen molar-refractivity contribution in [1.29, 1.82) is 10.5 Å². The quantitative estimate of drug-likeness (QED) is 0.401. The Kier molecular flexibility index (Phi) is 6.98. The number of likely N-dealkylation sites (tertiary alicyclic amines) is 1. The minimum atomic E-state index is -0.471. The summed E-state index contributed by atoms with van der Waals surface area (Å²) in [6.07, 6.45) is 7.19. The SMILES string of the molecule is Cc1c(-c2cc(Sc3ccc(F)cc3C#N)c3c(C#N)cnn3c2)cnn1C1CCN([C@H](C)CO)CC1. The zero-order chi connectivity index (χ0) is 26.1. The summed E-state index contributed by atoms with van der Waals surface area (Å²) in [5.41, 5.74) is 4.18. The fourth-order valence-electron chi connectivity index (χ4n) is 4.95. The Morgan fingerprint density at radius 2 is 1.86 bits per heavy atom. The number of halogens is 1. The monoisotopic (exact) mass is 515 g/mol. The minimum Gasteiger partial charge on any atom is -0.395 e. The first-order valence-corrected chi connectivity index (χ1v) is 12.9. The van der Waals surface area contributed by atoms with Gasteiger partial charge in [-0.2, -0.15) is 20.7 Å². The van der Waals surface area contributed by atoms with E-state index in [0.29, 0.717) is 16.0 Å². The van der Waals surface area contributed by atoms with Crippen molar-refractivity contribution in [1.82, 2.24) is 24.3 Å². The minimum absolute atomic E-state index is 0.160. The Morgan fingerprint density at radius 1 is 1.11 bits per heavy atom. The van der Waals surface area contributed by atoms with Crippen LogP contribution in [0.4, 0.5) is 4.39 Å². The van der Waals surface area contributed by atoms with Gasteiger partial charge in [0.05, 0.1) is 41.7 Å². The molecule has 1 atom stereocenters. The highest BCUT2D eigenvalue weighted by molar-refractivity contribution is 7.99. The number of piperidine rings is 1. The largest absolute Gasteiger partial charge is 0.395 e. The summed E-state index contributed by atoms with van der Waals surface area (Å²) in [6, 6.07) is 10.8. The lowest BCUT2D eigenvalue weighted by molar-refractivity contribution is 0.0954. The average molecular weight is 516 g/mol. The van der Waals surface area contributed by atoms with Gasteiger partial charge in [0.15, 0.2) is 0 Å². The highest BCUT2D eigenvalue weighted by Crippen LogP contribution is 2.38. The molecule has 0 unspecified atom stereocenters. The van der Waals surface area contributed by atoms with Crippen molar-refractivity contribution in [2.24, 2.45) is 0 Å². The average Bonchev–Trinajstić information content (AvgIpc) is 3.52. The summed E-state index contributed by atoms with van der Waals surface area (Å²) in [5.74, 6) is -0.471. The molecule has 0 radical (unpaired) electrons. The maximum Gasteiger partial charge on any atom is 0.124 e. The molecule has 0 saturated carbocycles. The van der Waals surface area contributed by atoms with Gasteiger partial charge in [0.1, 0.15) is 18.0 Å². The van der Waals surface area contributed by atoms with Crippen molar-refractivity contribution in [3.05, 3.63) is 65.5 Å². The maximum absolute atomic E-state index is 13.7. The number of nitriles is 2. The molecule has 1 fully saturated rings. The molecule has 8 nitrogen and oxygen atoms in total. The van der Waals surface area contributed by atoms with Crippen LogP contribution >= 0.6 is 11.8 Å². The molecule has 1 aliphatic heterocycles. The number of benzene rings is 1. The highest BCUT2D eigenvalue weighted by Gasteiger charge is 2.26. The first-order chi connectivity index (χ1) is 17.9. The molecule has 0 bridgehead atoms. The van der Waals surface area contributed by atoms with Crippen LogP contribution in [0.1, 0.15) is 42.6 Å². The van der Waals surface area contributed by atoms with Gasteiger partial charge < -0.3 is 5.11 Å². The van der Waals surface area contributed by atoms with Gasteiger partial charge >= 0.3 is 0 Å². The highest BCUT2D eigenvalue weighted by atomic mass is 32.2. The van der Waals surface area contributed by atoms with Crippen molar-refractivity contribution < 1.29 is 9.50 Å². The van der Waals surface area contributed by atoms with Crippen molar-refractivity contribution in [2.45, 2.75) is 48.6 Å². The van der Waals surface area contributed by atoms with E-state index in [9.17, 15) is 20.0 Å². The second-order valence-corrected chi connectivity index (χ2v) is 10.4. The molecule has 1 aliphatic rings. The van der Waals surface area contributed by atoms with Gasteiger partial charge in [-0.25, -0.2) is 8.91 Å². The van der Waals surface area contributed by atoms with Gasteiger partial charge in [0.25, 0.3) is 0 Å². The normalized spacial score (nSPS) is 15.5. The number of pyridine rings is 1. The molecule has 188 valence electrons. The summed E-state index contributed by atoms with van der Waals surface area (Å²) >= 11 is 1.31. The smallest absolute Gasteiger partial charge is 0.124 e. The molecule has 1 saturated heterocycles. The molecular formula is C27H26FN7OS. The zero-order valence-corrected chi connectivity index (χ0v) is 21.4.